The molecule has 0 atom stereocenters. The average molecular weight is 254 g/mol. The van der Waals surface area contributed by atoms with Gasteiger partial charge in [0.05, 0.1) is 0 Å². The smallest absolute Gasteiger partial charge is 0.169 e. The Kier molecular flexibility index (Phi) is 2.83. The third kappa shape index (κ3) is 2.12. The molecule has 0 spiro atoms. The molecule has 3 aromatic rings. The number of aromatic nitrogens is 2. The zero-order chi connectivity index (χ0) is 13.2. The van der Waals surface area contributed by atoms with E-state index in [2.05, 4.69) is 9.97 Å². The topological polar surface area (TPSA) is 45.8 Å². The highest BCUT2D eigenvalue weighted by Gasteiger charge is 2.14. The van der Waals surface area contributed by atoms with Crippen molar-refractivity contribution in [3.05, 3.63) is 65.7 Å². The maximum absolute atomic E-state index is 13.5. The van der Waals surface area contributed by atoms with Gasteiger partial charge in [-0.1, -0.05) is 18.2 Å². The molecule has 4 heteroatoms. The quantitative estimate of drug-likeness (QED) is 0.730. The van der Waals surface area contributed by atoms with Crippen molar-refractivity contribution in [2.45, 2.75) is 6.42 Å². The fraction of sp³-hybridized carbons (Fsp3) is 0.0667. The number of benzene rings is 1. The number of ketones is 1. The first-order valence-corrected chi connectivity index (χ1v) is 5.94. The van der Waals surface area contributed by atoms with Crippen LogP contribution in [0.3, 0.4) is 0 Å². The van der Waals surface area contributed by atoms with Crippen LogP contribution in [0.4, 0.5) is 4.39 Å². The average Bonchev–Trinajstić information content (AvgIpc) is 2.85. The van der Waals surface area contributed by atoms with Crippen LogP contribution in [0.5, 0.6) is 0 Å². The van der Waals surface area contributed by atoms with Crippen LogP contribution >= 0.6 is 0 Å². The number of hydrogen-bond donors (Lipinski definition) is 1. The monoisotopic (exact) mass is 254 g/mol. The van der Waals surface area contributed by atoms with Gasteiger partial charge in [0.15, 0.2) is 5.78 Å². The minimum atomic E-state index is -0.353. The van der Waals surface area contributed by atoms with Gasteiger partial charge >= 0.3 is 0 Å². The van der Waals surface area contributed by atoms with Gasteiger partial charge in [-0.25, -0.2) is 9.37 Å². The van der Waals surface area contributed by atoms with E-state index >= 15 is 0 Å². The summed E-state index contributed by atoms with van der Waals surface area (Å²) < 4.78 is 13.5. The van der Waals surface area contributed by atoms with E-state index in [4.69, 9.17) is 0 Å². The summed E-state index contributed by atoms with van der Waals surface area (Å²) in [7, 11) is 0. The van der Waals surface area contributed by atoms with E-state index in [-0.39, 0.29) is 18.0 Å². The predicted octanol–water partition coefficient (Wildman–Crippen LogP) is 3.13. The Labute approximate surface area is 109 Å². The summed E-state index contributed by atoms with van der Waals surface area (Å²) in [6.07, 6.45) is 3.33. The normalized spacial score (nSPS) is 10.8. The van der Waals surface area contributed by atoms with E-state index in [9.17, 15) is 9.18 Å². The van der Waals surface area contributed by atoms with Gasteiger partial charge in [0.2, 0.25) is 0 Å². The Hall–Kier alpha value is -2.49. The third-order valence-corrected chi connectivity index (χ3v) is 3.06. The number of Topliss-reactive ketones (excluding diaryl/α,β-unsaturated/α-hetero) is 1. The molecule has 19 heavy (non-hydrogen) atoms. The van der Waals surface area contributed by atoms with Gasteiger partial charge in [-0.3, -0.25) is 4.79 Å². The van der Waals surface area contributed by atoms with Crippen molar-refractivity contribution in [1.82, 2.24) is 9.97 Å². The van der Waals surface area contributed by atoms with Crippen LogP contribution in [0.1, 0.15) is 15.9 Å². The number of nitrogens with zero attached hydrogens (tertiary/aromatic N) is 1. The summed E-state index contributed by atoms with van der Waals surface area (Å²) >= 11 is 0. The number of carbonyl (C=O) groups excluding carboxylic acids is 1. The summed E-state index contributed by atoms with van der Waals surface area (Å²) in [5.74, 6) is -0.474. The van der Waals surface area contributed by atoms with Crippen LogP contribution in [0.25, 0.3) is 11.0 Å². The molecule has 0 amide bonds. The molecule has 0 saturated carbocycles. The van der Waals surface area contributed by atoms with Gasteiger partial charge in [-0.15, -0.1) is 0 Å². The van der Waals surface area contributed by atoms with Crippen LogP contribution in [-0.4, -0.2) is 15.8 Å². The van der Waals surface area contributed by atoms with Crippen molar-refractivity contribution < 1.29 is 9.18 Å². The Morgan fingerprint density at radius 3 is 2.89 bits per heavy atom. The first kappa shape index (κ1) is 11.6. The number of aromatic amines is 1. The molecule has 3 rings (SSSR count). The molecule has 0 aliphatic rings. The first-order chi connectivity index (χ1) is 9.25. The molecule has 1 N–H and O–H groups in total. The molecule has 0 aliphatic heterocycles. The second-order valence-electron chi connectivity index (χ2n) is 4.29. The molecule has 1 aromatic carbocycles. The largest absolute Gasteiger partial charge is 0.345 e. The molecule has 2 heterocycles. The number of fused-ring (bicyclic) bond motifs is 1. The second-order valence-corrected chi connectivity index (χ2v) is 4.29. The maximum Gasteiger partial charge on any atom is 0.169 e. The van der Waals surface area contributed by atoms with Crippen LogP contribution in [-0.2, 0) is 6.42 Å². The first-order valence-electron chi connectivity index (χ1n) is 5.94. The molecule has 3 nitrogen and oxygen atoms in total. The summed E-state index contributed by atoms with van der Waals surface area (Å²) in [6, 6.07) is 9.92. The van der Waals surface area contributed by atoms with Crippen molar-refractivity contribution in [1.29, 1.82) is 0 Å². The third-order valence-electron chi connectivity index (χ3n) is 3.06. The van der Waals surface area contributed by atoms with E-state index in [0.717, 1.165) is 5.39 Å². The lowest BCUT2D eigenvalue weighted by Gasteiger charge is -2.01. The zero-order valence-electron chi connectivity index (χ0n) is 10.1. The fourth-order valence-corrected chi connectivity index (χ4v) is 2.10. The highest BCUT2D eigenvalue weighted by atomic mass is 19.1. The minimum Gasteiger partial charge on any atom is -0.345 e. The van der Waals surface area contributed by atoms with Crippen molar-refractivity contribution >= 4 is 16.8 Å². The number of carbonyl (C=O) groups is 1. The Bertz CT molecular complexity index is 748. The van der Waals surface area contributed by atoms with Crippen molar-refractivity contribution in [2.75, 3.05) is 0 Å². The molecule has 0 radical (unpaired) electrons. The van der Waals surface area contributed by atoms with Gasteiger partial charge in [0.25, 0.3) is 0 Å². The summed E-state index contributed by atoms with van der Waals surface area (Å²) in [4.78, 5) is 19.3. The van der Waals surface area contributed by atoms with Crippen LogP contribution in [0.2, 0.25) is 0 Å². The van der Waals surface area contributed by atoms with Gasteiger partial charge in [-0.2, -0.15) is 0 Å². The van der Waals surface area contributed by atoms with Crippen molar-refractivity contribution in [2.24, 2.45) is 0 Å². The van der Waals surface area contributed by atoms with Crippen molar-refractivity contribution in [3.8, 4) is 0 Å². The Balaban J connectivity index is 1.95. The molecule has 0 aliphatic carbocycles. The molecular weight excluding hydrogens is 243 g/mol. The van der Waals surface area contributed by atoms with E-state index < -0.39 is 0 Å². The molecule has 0 bridgehead atoms. The lowest BCUT2D eigenvalue weighted by atomic mass is 10.0. The molecule has 0 fully saturated rings. The van der Waals surface area contributed by atoms with Crippen LogP contribution < -0.4 is 0 Å². The van der Waals surface area contributed by atoms with Gasteiger partial charge < -0.3 is 4.98 Å². The molecule has 0 unspecified atom stereocenters. The highest BCUT2D eigenvalue weighted by Crippen LogP contribution is 2.18. The standard InChI is InChI=1S/C15H11FN2O/c16-13-6-2-1-4-10(13)8-14(19)12-9-18-15-11(12)5-3-7-17-15/h1-7,9H,8H2,(H,17,18). The second kappa shape index (κ2) is 4.65. The Morgan fingerprint density at radius 2 is 2.05 bits per heavy atom. The molecule has 2 aromatic heterocycles. The van der Waals surface area contributed by atoms with Crippen LogP contribution in [0.15, 0.2) is 48.8 Å². The van der Waals surface area contributed by atoms with E-state index in [0.29, 0.717) is 16.8 Å². The predicted molar refractivity (Wildman–Crippen MR) is 70.5 cm³/mol. The van der Waals surface area contributed by atoms with Gasteiger partial charge in [0.1, 0.15) is 11.5 Å². The highest BCUT2D eigenvalue weighted by molar-refractivity contribution is 6.07. The SMILES string of the molecule is O=C(Cc1ccccc1F)c1c[nH]c2ncccc12. The summed E-state index contributed by atoms with van der Waals surface area (Å²) in [6.45, 7) is 0. The fourth-order valence-electron chi connectivity index (χ4n) is 2.10. The van der Waals surface area contributed by atoms with Gasteiger partial charge in [-0.05, 0) is 23.8 Å². The minimum absolute atomic E-state index is 0.0501. The summed E-state index contributed by atoms with van der Waals surface area (Å²) in [5.41, 5.74) is 1.62. The van der Waals surface area contributed by atoms with Crippen molar-refractivity contribution in [3.63, 3.8) is 0 Å². The van der Waals surface area contributed by atoms with E-state index in [1.54, 1.807) is 36.7 Å². The van der Waals surface area contributed by atoms with Gasteiger partial charge in [0, 0.05) is 29.8 Å². The maximum atomic E-state index is 13.5. The lowest BCUT2D eigenvalue weighted by Crippen LogP contribution is -2.04. The number of hydrogen-bond acceptors (Lipinski definition) is 2. The van der Waals surface area contributed by atoms with Crippen LogP contribution in [0, 0.1) is 5.82 Å². The van der Waals surface area contributed by atoms with E-state index in [1.165, 1.54) is 6.07 Å². The zero-order valence-corrected chi connectivity index (χ0v) is 10.1. The number of rotatable bonds is 3. The molecular formula is C15H11FN2O. The molecule has 94 valence electrons. The number of pyridine rings is 1. The Morgan fingerprint density at radius 1 is 1.21 bits per heavy atom. The number of H-pyrrole nitrogens is 1. The summed E-state index contributed by atoms with van der Waals surface area (Å²) in [5, 5.41) is 0.767. The number of nitrogens with one attached hydrogen (secondary N) is 1. The number of halogens is 1. The molecule has 0 saturated heterocycles. The van der Waals surface area contributed by atoms with E-state index in [1.807, 2.05) is 6.07 Å². The lowest BCUT2D eigenvalue weighted by molar-refractivity contribution is 0.0993.